The van der Waals surface area contributed by atoms with Gasteiger partial charge in [0.1, 0.15) is 0 Å². The van der Waals surface area contributed by atoms with Gasteiger partial charge in [-0.25, -0.2) is 0 Å². The van der Waals surface area contributed by atoms with Crippen molar-refractivity contribution < 1.29 is 18.0 Å². The third-order valence-corrected chi connectivity index (χ3v) is 3.88. The quantitative estimate of drug-likeness (QED) is 0.920. The maximum Gasteiger partial charge on any atom is 0.416 e. The summed E-state index contributed by atoms with van der Waals surface area (Å²) in [5, 5.41) is 0. The average molecular weight is 329 g/mol. The Balaban J connectivity index is 1.88. The molecule has 2 rings (SSSR count). The highest BCUT2D eigenvalue weighted by atomic mass is 19.4. The number of hydrogen-bond acceptors (Lipinski definition) is 3. The van der Waals surface area contributed by atoms with Crippen molar-refractivity contribution in [2.75, 3.05) is 26.2 Å². The number of carbonyl (C=O) groups is 1. The Kier molecular flexibility index (Phi) is 5.64. The van der Waals surface area contributed by atoms with Gasteiger partial charge in [0.15, 0.2) is 0 Å². The van der Waals surface area contributed by atoms with Crippen LogP contribution in [0.5, 0.6) is 0 Å². The van der Waals surface area contributed by atoms with E-state index in [2.05, 4.69) is 4.90 Å². The molecule has 1 aromatic rings. The molecule has 0 saturated carbocycles. The van der Waals surface area contributed by atoms with Crippen molar-refractivity contribution in [2.24, 2.45) is 5.73 Å². The zero-order valence-corrected chi connectivity index (χ0v) is 13.1. The van der Waals surface area contributed by atoms with Gasteiger partial charge in [-0.3, -0.25) is 9.69 Å². The van der Waals surface area contributed by atoms with Crippen LogP contribution in [0.2, 0.25) is 0 Å². The van der Waals surface area contributed by atoms with Gasteiger partial charge in [0.2, 0.25) is 5.91 Å². The van der Waals surface area contributed by atoms with Gasteiger partial charge >= 0.3 is 6.18 Å². The van der Waals surface area contributed by atoms with E-state index in [0.29, 0.717) is 44.7 Å². The van der Waals surface area contributed by atoms with Gasteiger partial charge in [0.05, 0.1) is 5.56 Å². The van der Waals surface area contributed by atoms with Crippen LogP contribution in [0.15, 0.2) is 24.3 Å². The number of nitrogens with two attached hydrogens (primary N) is 1. The lowest BCUT2D eigenvalue weighted by Crippen LogP contribution is -2.49. The fourth-order valence-electron chi connectivity index (χ4n) is 2.66. The highest BCUT2D eigenvalue weighted by Gasteiger charge is 2.30. The van der Waals surface area contributed by atoms with Crippen LogP contribution in [0.4, 0.5) is 13.2 Å². The van der Waals surface area contributed by atoms with Crippen molar-refractivity contribution in [2.45, 2.75) is 32.1 Å². The van der Waals surface area contributed by atoms with Crippen LogP contribution in [0, 0.1) is 0 Å². The molecule has 128 valence electrons. The number of nitrogens with zero attached hydrogens (tertiary/aromatic N) is 2. The first-order valence-corrected chi connectivity index (χ1v) is 7.67. The SMILES string of the molecule is CC(N)CC(=O)N1CCN(Cc2cccc(C(F)(F)F)c2)CC1. The van der Waals surface area contributed by atoms with E-state index in [1.165, 1.54) is 12.1 Å². The first kappa shape index (κ1) is 17.7. The zero-order valence-electron chi connectivity index (χ0n) is 13.1. The number of piperazine rings is 1. The minimum Gasteiger partial charge on any atom is -0.340 e. The maximum atomic E-state index is 12.7. The van der Waals surface area contributed by atoms with Crippen LogP contribution in [0.1, 0.15) is 24.5 Å². The normalized spacial score (nSPS) is 18.0. The molecule has 0 bridgehead atoms. The molecule has 4 nitrogen and oxygen atoms in total. The monoisotopic (exact) mass is 329 g/mol. The molecule has 2 N–H and O–H groups in total. The van der Waals surface area contributed by atoms with Crippen molar-refractivity contribution in [3.05, 3.63) is 35.4 Å². The van der Waals surface area contributed by atoms with E-state index in [-0.39, 0.29) is 11.9 Å². The molecule has 0 radical (unpaired) electrons. The van der Waals surface area contributed by atoms with Gasteiger partial charge in [-0.05, 0) is 18.6 Å². The van der Waals surface area contributed by atoms with Gasteiger partial charge in [0, 0.05) is 45.2 Å². The standard InChI is InChI=1S/C16H22F3N3O/c1-12(20)9-15(23)22-7-5-21(6-8-22)11-13-3-2-4-14(10-13)16(17,18)19/h2-4,10,12H,5-9,11,20H2,1H3. The van der Waals surface area contributed by atoms with Crippen LogP contribution in [-0.2, 0) is 17.5 Å². The molecule has 7 heteroatoms. The predicted molar refractivity (Wildman–Crippen MR) is 81.6 cm³/mol. The molecule has 1 heterocycles. The third-order valence-electron chi connectivity index (χ3n) is 3.88. The molecule has 1 aliphatic heterocycles. The summed E-state index contributed by atoms with van der Waals surface area (Å²) in [7, 11) is 0. The van der Waals surface area contributed by atoms with Crippen LogP contribution in [0.3, 0.4) is 0 Å². The third kappa shape index (κ3) is 5.21. The molecule has 23 heavy (non-hydrogen) atoms. The van der Waals surface area contributed by atoms with Gasteiger partial charge in [-0.15, -0.1) is 0 Å². The topological polar surface area (TPSA) is 49.6 Å². The van der Waals surface area contributed by atoms with Crippen molar-refractivity contribution in [1.82, 2.24) is 9.80 Å². The molecule has 1 atom stereocenters. The highest BCUT2D eigenvalue weighted by Crippen LogP contribution is 2.29. The molecule has 0 spiro atoms. The molecule has 1 aromatic carbocycles. The average Bonchev–Trinajstić information content (AvgIpc) is 2.46. The summed E-state index contributed by atoms with van der Waals surface area (Å²) in [5.41, 5.74) is 5.64. The van der Waals surface area contributed by atoms with Crippen molar-refractivity contribution in [1.29, 1.82) is 0 Å². The summed E-state index contributed by atoms with van der Waals surface area (Å²) in [5.74, 6) is 0.0405. The number of carbonyl (C=O) groups excluding carboxylic acids is 1. The molecule has 1 fully saturated rings. The Hall–Kier alpha value is -1.60. The van der Waals surface area contributed by atoms with Crippen LogP contribution in [0.25, 0.3) is 0 Å². The molecule has 0 aromatic heterocycles. The van der Waals surface area contributed by atoms with E-state index in [9.17, 15) is 18.0 Å². The van der Waals surface area contributed by atoms with Crippen LogP contribution >= 0.6 is 0 Å². The fraction of sp³-hybridized carbons (Fsp3) is 0.562. The summed E-state index contributed by atoms with van der Waals surface area (Å²) < 4.78 is 38.2. The Bertz CT molecular complexity index is 538. The van der Waals surface area contributed by atoms with Gasteiger partial charge < -0.3 is 10.6 Å². The number of benzene rings is 1. The largest absolute Gasteiger partial charge is 0.416 e. The number of alkyl halides is 3. The lowest BCUT2D eigenvalue weighted by atomic mass is 10.1. The molecular formula is C16H22F3N3O. The summed E-state index contributed by atoms with van der Waals surface area (Å²) in [6, 6.07) is 5.23. The first-order valence-electron chi connectivity index (χ1n) is 7.67. The fourth-order valence-corrected chi connectivity index (χ4v) is 2.66. The Morgan fingerprint density at radius 1 is 1.26 bits per heavy atom. The summed E-state index contributed by atoms with van der Waals surface area (Å²) in [6.07, 6.45) is -3.99. The number of halogens is 3. The van der Waals surface area contributed by atoms with Gasteiger partial charge in [0.25, 0.3) is 0 Å². The van der Waals surface area contributed by atoms with E-state index >= 15 is 0 Å². The minimum absolute atomic E-state index is 0.0405. The second-order valence-corrected chi connectivity index (χ2v) is 6.04. The Morgan fingerprint density at radius 2 is 1.91 bits per heavy atom. The van der Waals surface area contributed by atoms with Gasteiger partial charge in [-0.2, -0.15) is 13.2 Å². The zero-order chi connectivity index (χ0) is 17.0. The lowest BCUT2D eigenvalue weighted by molar-refractivity contribution is -0.137. The molecule has 1 aliphatic rings. The van der Waals surface area contributed by atoms with Crippen LogP contribution < -0.4 is 5.73 Å². The summed E-state index contributed by atoms with van der Waals surface area (Å²) >= 11 is 0. The van der Waals surface area contributed by atoms with E-state index in [0.717, 1.165) is 6.07 Å². The molecule has 1 unspecified atom stereocenters. The van der Waals surface area contributed by atoms with Crippen molar-refractivity contribution >= 4 is 5.91 Å². The molecule has 0 aliphatic carbocycles. The predicted octanol–water partition coefficient (Wildman–Crippen LogP) is 2.09. The minimum atomic E-state index is -4.32. The Labute approximate surface area is 134 Å². The first-order chi connectivity index (χ1) is 10.8. The number of amides is 1. The van der Waals surface area contributed by atoms with Crippen LogP contribution in [-0.4, -0.2) is 47.9 Å². The Morgan fingerprint density at radius 3 is 2.48 bits per heavy atom. The molecule has 1 saturated heterocycles. The maximum absolute atomic E-state index is 12.7. The highest BCUT2D eigenvalue weighted by molar-refractivity contribution is 5.76. The second kappa shape index (κ2) is 7.31. The number of rotatable bonds is 4. The van der Waals surface area contributed by atoms with E-state index < -0.39 is 11.7 Å². The van der Waals surface area contributed by atoms with Gasteiger partial charge in [-0.1, -0.05) is 18.2 Å². The summed E-state index contributed by atoms with van der Waals surface area (Å²) in [4.78, 5) is 15.8. The summed E-state index contributed by atoms with van der Waals surface area (Å²) in [6.45, 7) is 4.73. The molecular weight excluding hydrogens is 307 g/mol. The van der Waals surface area contributed by atoms with Crippen molar-refractivity contribution in [3.63, 3.8) is 0 Å². The van der Waals surface area contributed by atoms with Crippen molar-refractivity contribution in [3.8, 4) is 0 Å². The van der Waals surface area contributed by atoms with E-state index in [1.807, 2.05) is 0 Å². The lowest BCUT2D eigenvalue weighted by Gasteiger charge is -2.35. The second-order valence-electron chi connectivity index (χ2n) is 6.04. The number of hydrogen-bond donors (Lipinski definition) is 1. The van der Waals surface area contributed by atoms with E-state index in [1.54, 1.807) is 17.9 Å². The molecule has 1 amide bonds. The van der Waals surface area contributed by atoms with E-state index in [4.69, 9.17) is 5.73 Å². The smallest absolute Gasteiger partial charge is 0.340 e.